The van der Waals surface area contributed by atoms with Gasteiger partial charge in [0.2, 0.25) is 5.91 Å². The second-order valence-electron chi connectivity index (χ2n) is 6.79. The summed E-state index contributed by atoms with van der Waals surface area (Å²) in [7, 11) is 0. The highest BCUT2D eigenvalue weighted by Crippen LogP contribution is 2.42. The van der Waals surface area contributed by atoms with Crippen molar-refractivity contribution >= 4 is 17.2 Å². The molecule has 2 N–H and O–H groups in total. The molecule has 5 heteroatoms. The van der Waals surface area contributed by atoms with Crippen molar-refractivity contribution in [2.45, 2.75) is 51.5 Å². The first-order chi connectivity index (χ1) is 10.7. The molecule has 0 saturated heterocycles. The lowest BCUT2D eigenvalue weighted by atomic mass is 9.65. The van der Waals surface area contributed by atoms with Crippen LogP contribution in [-0.2, 0) is 11.2 Å². The Morgan fingerprint density at radius 1 is 1.41 bits per heavy atom. The first-order valence-electron chi connectivity index (χ1n) is 8.61. The standard InChI is InChI=1S/C17H27N3OS/c1-2-20(8-6-15-19-7-9-22-15)17(21)14-10-12-4-3-5-13(11-14)16(12)18/h7,9,12-14,16H,2-6,8,10-11,18H2,1H3. The van der Waals surface area contributed by atoms with Crippen LogP contribution in [0, 0.1) is 17.8 Å². The molecule has 1 aromatic heterocycles. The number of carbonyl (C=O) groups is 1. The summed E-state index contributed by atoms with van der Waals surface area (Å²) in [4.78, 5) is 19.2. The van der Waals surface area contributed by atoms with E-state index < -0.39 is 0 Å². The summed E-state index contributed by atoms with van der Waals surface area (Å²) in [6.07, 6.45) is 8.44. The van der Waals surface area contributed by atoms with Gasteiger partial charge >= 0.3 is 0 Å². The predicted octanol–water partition coefficient (Wildman–Crippen LogP) is 2.69. The fraction of sp³-hybridized carbons (Fsp3) is 0.765. The van der Waals surface area contributed by atoms with Crippen molar-refractivity contribution in [2.75, 3.05) is 13.1 Å². The normalized spacial score (nSPS) is 31.0. The van der Waals surface area contributed by atoms with Crippen LogP contribution in [-0.4, -0.2) is 34.9 Å². The smallest absolute Gasteiger partial charge is 0.225 e. The minimum atomic E-state index is 0.200. The Kier molecular flexibility index (Phi) is 5.14. The maximum atomic E-state index is 12.9. The molecule has 0 radical (unpaired) electrons. The van der Waals surface area contributed by atoms with Crippen LogP contribution in [0.15, 0.2) is 11.6 Å². The lowest BCUT2D eigenvalue weighted by Crippen LogP contribution is -2.50. The van der Waals surface area contributed by atoms with E-state index in [1.165, 1.54) is 19.3 Å². The van der Waals surface area contributed by atoms with Gasteiger partial charge in [0.05, 0.1) is 5.01 Å². The molecule has 4 nitrogen and oxygen atoms in total. The number of thiazole rings is 1. The second kappa shape index (κ2) is 7.09. The zero-order chi connectivity index (χ0) is 15.5. The molecule has 122 valence electrons. The third kappa shape index (κ3) is 3.35. The van der Waals surface area contributed by atoms with Crippen molar-refractivity contribution < 1.29 is 4.79 Å². The zero-order valence-electron chi connectivity index (χ0n) is 13.4. The molecule has 2 fully saturated rings. The molecule has 2 aliphatic rings. The van der Waals surface area contributed by atoms with Crippen LogP contribution >= 0.6 is 11.3 Å². The maximum Gasteiger partial charge on any atom is 0.225 e. The molecule has 1 aromatic rings. The van der Waals surface area contributed by atoms with E-state index in [0.717, 1.165) is 37.4 Å². The Morgan fingerprint density at radius 2 is 2.14 bits per heavy atom. The van der Waals surface area contributed by atoms with Crippen LogP contribution in [0.2, 0.25) is 0 Å². The van der Waals surface area contributed by atoms with E-state index in [2.05, 4.69) is 11.9 Å². The van der Waals surface area contributed by atoms with Crippen molar-refractivity contribution in [3.8, 4) is 0 Å². The van der Waals surface area contributed by atoms with Gasteiger partial charge in [0, 0.05) is 43.0 Å². The number of rotatable bonds is 5. The molecule has 2 aliphatic carbocycles. The quantitative estimate of drug-likeness (QED) is 0.907. The number of carbonyl (C=O) groups excluding carboxylic acids is 1. The van der Waals surface area contributed by atoms with Crippen LogP contribution in [0.25, 0.3) is 0 Å². The zero-order valence-corrected chi connectivity index (χ0v) is 14.2. The first kappa shape index (κ1) is 15.9. The number of amides is 1. The summed E-state index contributed by atoms with van der Waals surface area (Å²) in [6, 6.07) is 0.336. The fourth-order valence-corrected chi connectivity index (χ4v) is 4.89. The molecule has 0 aromatic carbocycles. The highest BCUT2D eigenvalue weighted by molar-refractivity contribution is 7.09. The summed E-state index contributed by atoms with van der Waals surface area (Å²) in [5.41, 5.74) is 6.35. The Hall–Kier alpha value is -0.940. The monoisotopic (exact) mass is 321 g/mol. The van der Waals surface area contributed by atoms with Crippen LogP contribution in [0.1, 0.15) is 44.0 Å². The molecule has 2 saturated carbocycles. The van der Waals surface area contributed by atoms with Crippen LogP contribution in [0.5, 0.6) is 0 Å². The average molecular weight is 321 g/mol. The van der Waals surface area contributed by atoms with Gasteiger partial charge in [-0.1, -0.05) is 6.42 Å². The van der Waals surface area contributed by atoms with Gasteiger partial charge in [-0.25, -0.2) is 4.98 Å². The first-order valence-corrected chi connectivity index (χ1v) is 9.49. The Morgan fingerprint density at radius 3 is 2.73 bits per heavy atom. The summed E-state index contributed by atoms with van der Waals surface area (Å²) in [5.74, 6) is 1.69. The van der Waals surface area contributed by atoms with Gasteiger partial charge in [-0.3, -0.25) is 4.79 Å². The Balaban J connectivity index is 1.59. The molecule has 0 aliphatic heterocycles. The van der Waals surface area contributed by atoms with E-state index in [1.54, 1.807) is 11.3 Å². The van der Waals surface area contributed by atoms with Gasteiger partial charge in [-0.15, -0.1) is 11.3 Å². The third-order valence-electron chi connectivity index (χ3n) is 5.53. The minimum Gasteiger partial charge on any atom is -0.342 e. The highest BCUT2D eigenvalue weighted by Gasteiger charge is 2.41. The van der Waals surface area contributed by atoms with E-state index in [9.17, 15) is 4.79 Å². The molecular formula is C17H27N3OS. The van der Waals surface area contributed by atoms with Crippen molar-refractivity contribution in [1.82, 2.24) is 9.88 Å². The lowest BCUT2D eigenvalue weighted by molar-refractivity contribution is -0.138. The number of hydrogen-bond donors (Lipinski definition) is 1. The molecule has 2 bridgehead atoms. The molecular weight excluding hydrogens is 294 g/mol. The summed E-state index contributed by atoms with van der Waals surface area (Å²) >= 11 is 1.67. The van der Waals surface area contributed by atoms with Crippen molar-refractivity contribution in [2.24, 2.45) is 23.5 Å². The van der Waals surface area contributed by atoms with Crippen molar-refractivity contribution in [3.63, 3.8) is 0 Å². The van der Waals surface area contributed by atoms with Gasteiger partial charge in [-0.05, 0) is 44.4 Å². The van der Waals surface area contributed by atoms with E-state index >= 15 is 0 Å². The summed E-state index contributed by atoms with van der Waals surface area (Å²) in [6.45, 7) is 3.66. The van der Waals surface area contributed by atoms with E-state index in [-0.39, 0.29) is 5.92 Å². The fourth-order valence-electron chi connectivity index (χ4n) is 4.28. The third-order valence-corrected chi connectivity index (χ3v) is 6.37. The number of fused-ring (bicyclic) bond motifs is 2. The predicted molar refractivity (Wildman–Crippen MR) is 89.6 cm³/mol. The lowest BCUT2D eigenvalue weighted by Gasteiger charge is -2.44. The summed E-state index contributed by atoms with van der Waals surface area (Å²) in [5, 5.41) is 3.12. The average Bonchev–Trinajstić information content (AvgIpc) is 3.00. The number of aromatic nitrogens is 1. The topological polar surface area (TPSA) is 59.2 Å². The molecule has 1 amide bonds. The molecule has 2 atom stereocenters. The number of nitrogens with zero attached hydrogens (tertiary/aromatic N) is 2. The van der Waals surface area contributed by atoms with Crippen LogP contribution in [0.3, 0.4) is 0 Å². The van der Waals surface area contributed by atoms with Gasteiger partial charge in [0.25, 0.3) is 0 Å². The molecule has 2 unspecified atom stereocenters. The second-order valence-corrected chi connectivity index (χ2v) is 7.77. The number of nitrogens with two attached hydrogens (primary N) is 1. The van der Waals surface area contributed by atoms with Crippen molar-refractivity contribution in [1.29, 1.82) is 0 Å². The minimum absolute atomic E-state index is 0.200. The van der Waals surface area contributed by atoms with Crippen LogP contribution in [0.4, 0.5) is 0 Å². The van der Waals surface area contributed by atoms with Gasteiger partial charge < -0.3 is 10.6 Å². The highest BCUT2D eigenvalue weighted by atomic mass is 32.1. The Labute approximate surface area is 137 Å². The van der Waals surface area contributed by atoms with Gasteiger partial charge in [0.15, 0.2) is 0 Å². The molecule has 3 rings (SSSR count). The molecule has 22 heavy (non-hydrogen) atoms. The molecule has 0 spiro atoms. The van der Waals surface area contributed by atoms with E-state index in [1.807, 2.05) is 16.5 Å². The van der Waals surface area contributed by atoms with Crippen molar-refractivity contribution in [3.05, 3.63) is 16.6 Å². The Bertz CT molecular complexity index is 476. The van der Waals surface area contributed by atoms with Gasteiger partial charge in [0.1, 0.15) is 0 Å². The number of likely N-dealkylation sites (N-methyl/N-ethyl adjacent to an activating group) is 1. The molecule has 1 heterocycles. The largest absolute Gasteiger partial charge is 0.342 e. The number of hydrogen-bond acceptors (Lipinski definition) is 4. The summed E-state index contributed by atoms with van der Waals surface area (Å²) < 4.78 is 0. The van der Waals surface area contributed by atoms with Gasteiger partial charge in [-0.2, -0.15) is 0 Å². The van der Waals surface area contributed by atoms with E-state index in [0.29, 0.717) is 23.8 Å². The maximum absolute atomic E-state index is 12.9. The van der Waals surface area contributed by atoms with E-state index in [4.69, 9.17) is 5.73 Å². The van der Waals surface area contributed by atoms with Crippen LogP contribution < -0.4 is 5.73 Å². The SMILES string of the molecule is CCN(CCc1nccs1)C(=O)C1CC2CCCC(C1)C2N.